The number of thiophene rings is 1. The van der Waals surface area contributed by atoms with Gasteiger partial charge in [-0.15, -0.1) is 11.3 Å². The highest BCUT2D eigenvalue weighted by Crippen LogP contribution is 2.38. The van der Waals surface area contributed by atoms with Crippen molar-refractivity contribution in [2.45, 2.75) is 26.8 Å². The summed E-state index contributed by atoms with van der Waals surface area (Å²) in [6.07, 6.45) is 0.0877. The number of esters is 1. The molecule has 1 aliphatic heterocycles. The quantitative estimate of drug-likeness (QED) is 0.700. The van der Waals surface area contributed by atoms with Gasteiger partial charge in [0.15, 0.2) is 0 Å². The van der Waals surface area contributed by atoms with Gasteiger partial charge in [0.2, 0.25) is 0 Å². The van der Waals surface area contributed by atoms with Gasteiger partial charge in [-0.3, -0.25) is 4.79 Å². The van der Waals surface area contributed by atoms with Gasteiger partial charge in [-0.05, 0) is 50.1 Å². The van der Waals surface area contributed by atoms with Crippen LogP contribution in [0, 0.1) is 0 Å². The Morgan fingerprint density at radius 1 is 1.13 bits per heavy atom. The van der Waals surface area contributed by atoms with Crippen LogP contribution in [-0.4, -0.2) is 49.7 Å². The molecule has 9 heteroatoms. The maximum absolute atomic E-state index is 12.7. The number of methoxy groups -OCH3 is 1. The summed E-state index contributed by atoms with van der Waals surface area (Å²) in [4.78, 5) is 39.6. The van der Waals surface area contributed by atoms with Crippen LogP contribution in [0.25, 0.3) is 0 Å². The average molecular weight is 432 g/mol. The molecule has 0 saturated carbocycles. The third-order valence-electron chi connectivity index (χ3n) is 4.63. The van der Waals surface area contributed by atoms with Crippen molar-refractivity contribution in [2.75, 3.05) is 32.2 Å². The third kappa shape index (κ3) is 4.56. The molecule has 0 aliphatic carbocycles. The first-order chi connectivity index (χ1) is 14.5. The van der Waals surface area contributed by atoms with E-state index in [1.165, 1.54) is 18.4 Å². The molecular weight excluding hydrogens is 408 g/mol. The van der Waals surface area contributed by atoms with Gasteiger partial charge < -0.3 is 24.4 Å². The minimum absolute atomic E-state index is 0.295. The van der Waals surface area contributed by atoms with E-state index in [0.717, 1.165) is 10.4 Å². The first kappa shape index (κ1) is 21.6. The molecule has 0 saturated heterocycles. The monoisotopic (exact) mass is 432 g/mol. The Morgan fingerprint density at radius 2 is 1.87 bits per heavy atom. The molecule has 1 N–H and O–H groups in total. The lowest BCUT2D eigenvalue weighted by Gasteiger charge is -2.26. The van der Waals surface area contributed by atoms with Crippen molar-refractivity contribution in [1.82, 2.24) is 4.90 Å². The van der Waals surface area contributed by atoms with Crippen molar-refractivity contribution in [3.05, 3.63) is 45.8 Å². The molecule has 1 aromatic heterocycles. The first-order valence-corrected chi connectivity index (χ1v) is 10.5. The topological polar surface area (TPSA) is 94.2 Å². The molecule has 0 spiro atoms. The highest BCUT2D eigenvalue weighted by Gasteiger charge is 2.31. The smallest absolute Gasteiger partial charge is 0.410 e. The second kappa shape index (κ2) is 9.62. The largest absolute Gasteiger partial charge is 0.494 e. The lowest BCUT2D eigenvalue weighted by atomic mass is 10.0. The lowest BCUT2D eigenvalue weighted by molar-refractivity contribution is 0.0600. The number of fused-ring (bicyclic) bond motifs is 1. The first-order valence-electron chi connectivity index (χ1n) is 9.67. The molecule has 2 heterocycles. The van der Waals surface area contributed by atoms with Gasteiger partial charge in [-0.2, -0.15) is 0 Å². The van der Waals surface area contributed by atoms with E-state index >= 15 is 0 Å². The Morgan fingerprint density at radius 3 is 2.50 bits per heavy atom. The van der Waals surface area contributed by atoms with Crippen LogP contribution in [0.15, 0.2) is 24.3 Å². The maximum Gasteiger partial charge on any atom is 0.410 e. The fraction of sp³-hybridized carbons (Fsp3) is 0.381. The minimum Gasteiger partial charge on any atom is -0.494 e. The van der Waals surface area contributed by atoms with Crippen LogP contribution in [0.2, 0.25) is 0 Å². The molecule has 0 fully saturated rings. The van der Waals surface area contributed by atoms with Crippen LogP contribution in [0.3, 0.4) is 0 Å². The molecule has 2 amide bonds. The van der Waals surface area contributed by atoms with Crippen molar-refractivity contribution in [3.63, 3.8) is 0 Å². The maximum atomic E-state index is 12.7. The van der Waals surface area contributed by atoms with Crippen LogP contribution in [0.1, 0.15) is 45.0 Å². The summed E-state index contributed by atoms with van der Waals surface area (Å²) >= 11 is 1.27. The third-order valence-corrected chi connectivity index (χ3v) is 5.76. The summed E-state index contributed by atoms with van der Waals surface area (Å²) in [7, 11) is 1.30. The minimum atomic E-state index is -0.515. The number of rotatable bonds is 6. The Labute approximate surface area is 178 Å². The Hall–Kier alpha value is -3.07. The highest BCUT2D eigenvalue weighted by molar-refractivity contribution is 7.17. The van der Waals surface area contributed by atoms with Gasteiger partial charge in [0.05, 0.1) is 32.4 Å². The van der Waals surface area contributed by atoms with E-state index in [0.29, 0.717) is 54.6 Å². The predicted molar refractivity (Wildman–Crippen MR) is 112 cm³/mol. The molecule has 1 aliphatic rings. The molecule has 0 radical (unpaired) electrons. The van der Waals surface area contributed by atoms with Gasteiger partial charge in [0.25, 0.3) is 5.91 Å². The molecule has 8 nitrogen and oxygen atoms in total. The van der Waals surface area contributed by atoms with E-state index < -0.39 is 12.1 Å². The van der Waals surface area contributed by atoms with Crippen molar-refractivity contribution < 1.29 is 28.6 Å². The number of carbonyl (C=O) groups excluding carboxylic acids is 3. The van der Waals surface area contributed by atoms with E-state index in [2.05, 4.69) is 5.32 Å². The number of hydrogen-bond donors (Lipinski definition) is 1. The molecule has 0 atom stereocenters. The number of benzene rings is 1. The average Bonchev–Trinajstić information content (AvgIpc) is 3.11. The SMILES string of the molecule is CCOC(=O)N1CCc2c(sc(NC(=O)c3ccc(OCC)cc3)c2C(=O)OC)C1. The molecule has 0 bridgehead atoms. The van der Waals surface area contributed by atoms with E-state index in [4.69, 9.17) is 14.2 Å². The van der Waals surface area contributed by atoms with E-state index in [1.807, 2.05) is 6.92 Å². The summed E-state index contributed by atoms with van der Waals surface area (Å²) in [5.74, 6) is -0.182. The van der Waals surface area contributed by atoms with Gasteiger partial charge in [0, 0.05) is 17.0 Å². The summed E-state index contributed by atoms with van der Waals surface area (Å²) in [6.45, 7) is 5.22. The molecule has 160 valence electrons. The Kier molecular flexibility index (Phi) is 6.94. The second-order valence-electron chi connectivity index (χ2n) is 6.48. The predicted octanol–water partition coefficient (Wildman–Crippen LogP) is 3.70. The molecule has 2 aromatic rings. The highest BCUT2D eigenvalue weighted by atomic mass is 32.1. The number of anilines is 1. The van der Waals surface area contributed by atoms with Crippen LogP contribution in [-0.2, 0) is 22.4 Å². The molecule has 0 unspecified atom stereocenters. The van der Waals surface area contributed by atoms with Gasteiger partial charge in [-0.1, -0.05) is 0 Å². The molecule has 1 aromatic carbocycles. The molecular formula is C21H24N2O6S. The second-order valence-corrected chi connectivity index (χ2v) is 7.59. The summed E-state index contributed by atoms with van der Waals surface area (Å²) in [6, 6.07) is 6.76. The number of hydrogen-bond acceptors (Lipinski definition) is 7. The standard InChI is InChI=1S/C21H24N2O6S/c1-4-28-14-8-6-13(7-9-14)18(24)22-19-17(20(25)27-3)15-10-11-23(12-16(15)30-19)21(26)29-5-2/h6-9H,4-5,10-12H2,1-3H3,(H,22,24). The van der Waals surface area contributed by atoms with Crippen molar-refractivity contribution >= 4 is 34.3 Å². The number of nitrogens with zero attached hydrogens (tertiary/aromatic N) is 1. The zero-order chi connectivity index (χ0) is 21.7. The normalized spacial score (nSPS) is 12.7. The lowest BCUT2D eigenvalue weighted by Crippen LogP contribution is -2.36. The number of amides is 2. The summed E-state index contributed by atoms with van der Waals surface area (Å²) in [5.41, 5.74) is 1.59. The van der Waals surface area contributed by atoms with Crippen molar-refractivity contribution in [2.24, 2.45) is 0 Å². The fourth-order valence-corrected chi connectivity index (χ4v) is 4.47. The summed E-state index contributed by atoms with van der Waals surface area (Å²) < 4.78 is 15.4. The Balaban J connectivity index is 1.85. The van der Waals surface area contributed by atoms with Crippen LogP contribution >= 0.6 is 11.3 Å². The van der Waals surface area contributed by atoms with Crippen molar-refractivity contribution in [3.8, 4) is 5.75 Å². The number of nitrogens with one attached hydrogen (secondary N) is 1. The fourth-order valence-electron chi connectivity index (χ4n) is 3.22. The van der Waals surface area contributed by atoms with Crippen LogP contribution < -0.4 is 10.1 Å². The van der Waals surface area contributed by atoms with Crippen LogP contribution in [0.4, 0.5) is 9.80 Å². The van der Waals surface area contributed by atoms with Gasteiger partial charge in [0.1, 0.15) is 10.8 Å². The van der Waals surface area contributed by atoms with E-state index in [9.17, 15) is 14.4 Å². The van der Waals surface area contributed by atoms with Gasteiger partial charge >= 0.3 is 12.1 Å². The van der Waals surface area contributed by atoms with E-state index in [-0.39, 0.29) is 5.91 Å². The number of ether oxygens (including phenoxy) is 3. The van der Waals surface area contributed by atoms with Crippen LogP contribution in [0.5, 0.6) is 5.75 Å². The Bertz CT molecular complexity index is 938. The van der Waals surface area contributed by atoms with E-state index in [1.54, 1.807) is 36.1 Å². The van der Waals surface area contributed by atoms with Gasteiger partial charge in [-0.25, -0.2) is 9.59 Å². The summed E-state index contributed by atoms with van der Waals surface area (Å²) in [5, 5.41) is 3.24. The zero-order valence-electron chi connectivity index (χ0n) is 17.1. The molecule has 3 rings (SSSR count). The zero-order valence-corrected chi connectivity index (χ0v) is 18.0. The number of carbonyl (C=O) groups is 3. The van der Waals surface area contributed by atoms with Crippen molar-refractivity contribution in [1.29, 1.82) is 0 Å². The molecule has 30 heavy (non-hydrogen) atoms.